The van der Waals surface area contributed by atoms with Crippen molar-refractivity contribution in [1.82, 2.24) is 20.3 Å². The van der Waals surface area contributed by atoms with Gasteiger partial charge in [-0.15, -0.1) is 0 Å². The molecule has 0 aliphatic carbocycles. The van der Waals surface area contributed by atoms with Gasteiger partial charge in [0.05, 0.1) is 23.8 Å². The number of aromatic nitrogens is 3. The van der Waals surface area contributed by atoms with Crippen molar-refractivity contribution < 1.29 is 4.79 Å². The lowest BCUT2D eigenvalue weighted by atomic mass is 10.2. The molecule has 1 fully saturated rings. The predicted molar refractivity (Wildman–Crippen MR) is 94.6 cm³/mol. The second-order valence-electron chi connectivity index (χ2n) is 5.89. The molecule has 1 amide bonds. The Kier molecular flexibility index (Phi) is 3.98. The van der Waals surface area contributed by atoms with Crippen LogP contribution in [0.4, 0.5) is 23.1 Å². The fourth-order valence-electron chi connectivity index (χ4n) is 2.86. The number of amides is 1. The summed E-state index contributed by atoms with van der Waals surface area (Å²) in [7, 11) is 0. The molecular weight excluding hydrogens is 320 g/mol. The van der Waals surface area contributed by atoms with E-state index in [4.69, 9.17) is 5.73 Å². The molecule has 0 bridgehead atoms. The number of fused-ring (bicyclic) bond motifs is 1. The molecule has 0 radical (unpaired) electrons. The van der Waals surface area contributed by atoms with Gasteiger partial charge >= 0.3 is 0 Å². The Morgan fingerprint density at radius 2 is 2.04 bits per heavy atom. The van der Waals surface area contributed by atoms with Gasteiger partial charge in [-0.2, -0.15) is 0 Å². The third-order valence-electron chi connectivity index (χ3n) is 4.19. The van der Waals surface area contributed by atoms with Gasteiger partial charge in [0.2, 0.25) is 5.95 Å². The molecule has 1 saturated heterocycles. The SMILES string of the molecule is NC(=O)C1=Nc2cnc(Nc3ccc(N4CCNCC4)cn3)nc2C1. The summed E-state index contributed by atoms with van der Waals surface area (Å²) in [6.07, 6.45) is 3.75. The zero-order chi connectivity index (χ0) is 17.2. The van der Waals surface area contributed by atoms with Gasteiger partial charge in [0.25, 0.3) is 5.91 Å². The number of nitrogens with two attached hydrogens (primary N) is 1. The van der Waals surface area contributed by atoms with Crippen molar-refractivity contribution in [3.05, 3.63) is 30.2 Å². The zero-order valence-corrected chi connectivity index (χ0v) is 13.6. The van der Waals surface area contributed by atoms with Crippen LogP contribution >= 0.6 is 0 Å². The second kappa shape index (κ2) is 6.44. The number of piperazine rings is 1. The molecule has 9 heteroatoms. The molecular formula is C16H18N8O. The average molecular weight is 338 g/mol. The van der Waals surface area contributed by atoms with Gasteiger partial charge < -0.3 is 21.3 Å². The van der Waals surface area contributed by atoms with E-state index < -0.39 is 5.91 Å². The Hall–Kier alpha value is -3.07. The summed E-state index contributed by atoms with van der Waals surface area (Å²) in [5.74, 6) is 0.549. The van der Waals surface area contributed by atoms with Crippen molar-refractivity contribution in [1.29, 1.82) is 0 Å². The summed E-state index contributed by atoms with van der Waals surface area (Å²) in [4.78, 5) is 30.7. The summed E-state index contributed by atoms with van der Waals surface area (Å²) in [6, 6.07) is 3.93. The Morgan fingerprint density at radius 3 is 2.76 bits per heavy atom. The summed E-state index contributed by atoms with van der Waals surface area (Å²) in [6.45, 7) is 3.92. The minimum absolute atomic E-state index is 0.306. The second-order valence-corrected chi connectivity index (χ2v) is 5.89. The number of rotatable bonds is 4. The normalized spacial score (nSPS) is 16.3. The molecule has 4 N–H and O–H groups in total. The van der Waals surface area contributed by atoms with E-state index >= 15 is 0 Å². The highest BCUT2D eigenvalue weighted by Crippen LogP contribution is 2.25. The number of hydrogen-bond donors (Lipinski definition) is 3. The van der Waals surface area contributed by atoms with Crippen LogP contribution < -0.4 is 21.3 Å². The van der Waals surface area contributed by atoms with Crippen LogP contribution in [0.1, 0.15) is 5.69 Å². The van der Waals surface area contributed by atoms with E-state index in [1.54, 1.807) is 6.20 Å². The lowest BCUT2D eigenvalue weighted by Crippen LogP contribution is -2.43. The Labute approximate surface area is 144 Å². The van der Waals surface area contributed by atoms with Crippen LogP contribution in [0.5, 0.6) is 0 Å². The van der Waals surface area contributed by atoms with Crippen molar-refractivity contribution >= 4 is 34.8 Å². The van der Waals surface area contributed by atoms with Crippen LogP contribution in [0, 0.1) is 0 Å². The van der Waals surface area contributed by atoms with Crippen LogP contribution in [0.2, 0.25) is 0 Å². The third-order valence-corrected chi connectivity index (χ3v) is 4.19. The van der Waals surface area contributed by atoms with Crippen molar-refractivity contribution in [3.63, 3.8) is 0 Å². The van der Waals surface area contributed by atoms with Crippen molar-refractivity contribution in [2.75, 3.05) is 36.4 Å². The van der Waals surface area contributed by atoms with Gasteiger partial charge in [0.1, 0.15) is 17.2 Å². The van der Waals surface area contributed by atoms with Gasteiger partial charge in [-0.3, -0.25) is 4.79 Å². The fourth-order valence-corrected chi connectivity index (χ4v) is 2.86. The van der Waals surface area contributed by atoms with E-state index in [9.17, 15) is 4.79 Å². The first-order chi connectivity index (χ1) is 12.2. The molecule has 0 atom stereocenters. The maximum Gasteiger partial charge on any atom is 0.263 e. The number of carbonyl (C=O) groups is 1. The maximum absolute atomic E-state index is 11.2. The number of primary amides is 1. The van der Waals surface area contributed by atoms with E-state index in [1.165, 1.54) is 0 Å². The highest BCUT2D eigenvalue weighted by molar-refractivity contribution is 6.40. The molecule has 0 aromatic carbocycles. The highest BCUT2D eigenvalue weighted by Gasteiger charge is 2.21. The van der Waals surface area contributed by atoms with Gasteiger partial charge in [0, 0.05) is 32.6 Å². The number of anilines is 3. The first kappa shape index (κ1) is 15.5. The van der Waals surface area contributed by atoms with Crippen LogP contribution in [0.15, 0.2) is 29.5 Å². The summed E-state index contributed by atoms with van der Waals surface area (Å²) in [5, 5.41) is 6.41. The molecule has 0 spiro atoms. The topological polar surface area (TPSA) is 121 Å². The number of pyridine rings is 1. The van der Waals surface area contributed by atoms with E-state index in [2.05, 4.69) is 35.5 Å². The Morgan fingerprint density at radius 1 is 1.20 bits per heavy atom. The first-order valence-electron chi connectivity index (χ1n) is 8.11. The molecule has 0 saturated carbocycles. The molecule has 2 aliphatic rings. The van der Waals surface area contributed by atoms with E-state index in [0.29, 0.717) is 35.3 Å². The summed E-state index contributed by atoms with van der Waals surface area (Å²) >= 11 is 0. The smallest absolute Gasteiger partial charge is 0.263 e. The molecule has 128 valence electrons. The number of carbonyl (C=O) groups excluding carboxylic acids is 1. The van der Waals surface area contributed by atoms with Crippen LogP contribution in [0.25, 0.3) is 0 Å². The fraction of sp³-hybridized carbons (Fsp3) is 0.312. The molecule has 25 heavy (non-hydrogen) atoms. The average Bonchev–Trinajstić information content (AvgIpc) is 3.07. The quantitative estimate of drug-likeness (QED) is 0.725. The summed E-state index contributed by atoms with van der Waals surface area (Å²) < 4.78 is 0. The van der Waals surface area contributed by atoms with Gasteiger partial charge in [-0.05, 0) is 12.1 Å². The van der Waals surface area contributed by atoms with Crippen molar-refractivity contribution in [3.8, 4) is 0 Å². The van der Waals surface area contributed by atoms with E-state index in [0.717, 1.165) is 31.9 Å². The van der Waals surface area contributed by atoms with E-state index in [-0.39, 0.29) is 0 Å². The molecule has 2 aliphatic heterocycles. The molecule has 2 aromatic rings. The third kappa shape index (κ3) is 3.26. The predicted octanol–water partition coefficient (Wildman–Crippen LogP) is 0.139. The molecule has 4 heterocycles. The zero-order valence-electron chi connectivity index (χ0n) is 13.6. The first-order valence-corrected chi connectivity index (χ1v) is 8.11. The Balaban J connectivity index is 1.45. The van der Waals surface area contributed by atoms with Crippen molar-refractivity contribution in [2.45, 2.75) is 6.42 Å². The molecule has 0 unspecified atom stereocenters. The Bertz CT molecular complexity index is 827. The number of aliphatic imine (C=N–C) groups is 1. The minimum atomic E-state index is -0.530. The lowest BCUT2D eigenvalue weighted by molar-refractivity contribution is -0.112. The largest absolute Gasteiger partial charge is 0.368 e. The van der Waals surface area contributed by atoms with Crippen LogP contribution in [-0.2, 0) is 11.2 Å². The molecule has 4 rings (SSSR count). The van der Waals surface area contributed by atoms with Crippen LogP contribution in [0.3, 0.4) is 0 Å². The van der Waals surface area contributed by atoms with Crippen molar-refractivity contribution in [2.24, 2.45) is 10.7 Å². The van der Waals surface area contributed by atoms with Gasteiger partial charge in [-0.1, -0.05) is 0 Å². The monoisotopic (exact) mass is 338 g/mol. The summed E-state index contributed by atoms with van der Waals surface area (Å²) in [5.41, 5.74) is 7.94. The van der Waals surface area contributed by atoms with Gasteiger partial charge in [0.15, 0.2) is 0 Å². The molecule has 9 nitrogen and oxygen atoms in total. The number of nitrogens with one attached hydrogen (secondary N) is 2. The minimum Gasteiger partial charge on any atom is -0.368 e. The van der Waals surface area contributed by atoms with Gasteiger partial charge in [-0.25, -0.2) is 19.9 Å². The molecule has 2 aromatic heterocycles. The maximum atomic E-state index is 11.2. The number of nitrogens with zero attached hydrogens (tertiary/aromatic N) is 5. The standard InChI is InChI=1S/C16H18N8O/c17-15(25)12-7-11-13(21-12)9-20-16(22-11)23-14-2-1-10(8-19-14)24-5-3-18-4-6-24/h1-2,8-9,18H,3-7H2,(H2,17,25)(H,19,20,22,23). The van der Waals surface area contributed by atoms with Crippen LogP contribution in [-0.4, -0.2) is 52.7 Å². The van der Waals surface area contributed by atoms with E-state index in [1.807, 2.05) is 18.3 Å². The highest BCUT2D eigenvalue weighted by atomic mass is 16.1. The lowest BCUT2D eigenvalue weighted by Gasteiger charge is -2.29. The number of hydrogen-bond acceptors (Lipinski definition) is 8.